The largest absolute Gasteiger partial charge is 0.497 e. The molecule has 0 radical (unpaired) electrons. The number of hydrogen-bond donors (Lipinski definition) is 1. The Morgan fingerprint density at radius 1 is 1.25 bits per heavy atom. The number of rotatable bonds is 5. The molecule has 0 aliphatic rings. The van der Waals surface area contributed by atoms with Crippen molar-refractivity contribution in [1.82, 2.24) is 0 Å². The minimum absolute atomic E-state index is 0.284. The van der Waals surface area contributed by atoms with Crippen molar-refractivity contribution in [2.45, 2.75) is 0 Å². The molecule has 0 bridgehead atoms. The molecule has 2 aromatic rings. The number of methoxy groups -OCH3 is 2. The average Bonchev–Trinajstić information content (AvgIpc) is 2.98. The van der Waals surface area contributed by atoms with Crippen LogP contribution in [0.15, 0.2) is 47.1 Å². The lowest BCUT2D eigenvalue weighted by Crippen LogP contribution is -2.09. The Morgan fingerprint density at radius 2 is 2.10 bits per heavy atom. The normalized spacial score (nSPS) is 10.5. The topological polar surface area (TPSA) is 60.7 Å². The summed E-state index contributed by atoms with van der Waals surface area (Å²) in [5, 5.41) is 2.73. The third-order valence-corrected chi connectivity index (χ3v) is 2.61. The van der Waals surface area contributed by atoms with Crippen molar-refractivity contribution in [3.05, 3.63) is 48.4 Å². The van der Waals surface area contributed by atoms with Crippen molar-refractivity contribution in [1.29, 1.82) is 0 Å². The van der Waals surface area contributed by atoms with Crippen molar-refractivity contribution in [3.8, 4) is 11.5 Å². The van der Waals surface area contributed by atoms with E-state index in [0.717, 1.165) is 0 Å². The van der Waals surface area contributed by atoms with Gasteiger partial charge in [0.25, 0.3) is 0 Å². The molecule has 0 saturated heterocycles. The second kappa shape index (κ2) is 6.47. The lowest BCUT2D eigenvalue weighted by Gasteiger charge is -2.10. The van der Waals surface area contributed by atoms with Gasteiger partial charge in [-0.25, -0.2) is 0 Å². The maximum absolute atomic E-state index is 11.8. The van der Waals surface area contributed by atoms with Crippen LogP contribution in [0.2, 0.25) is 0 Å². The summed E-state index contributed by atoms with van der Waals surface area (Å²) in [4.78, 5) is 11.8. The SMILES string of the molecule is COc1ccc(OC)c(NC(=O)/C=C/c2ccco2)c1. The van der Waals surface area contributed by atoms with Gasteiger partial charge in [-0.15, -0.1) is 0 Å². The van der Waals surface area contributed by atoms with Crippen molar-refractivity contribution in [2.75, 3.05) is 19.5 Å². The summed E-state index contributed by atoms with van der Waals surface area (Å²) >= 11 is 0. The highest BCUT2D eigenvalue weighted by Gasteiger charge is 2.07. The summed E-state index contributed by atoms with van der Waals surface area (Å²) in [7, 11) is 3.10. The van der Waals surface area contributed by atoms with E-state index in [0.29, 0.717) is 22.9 Å². The van der Waals surface area contributed by atoms with Gasteiger partial charge in [-0.2, -0.15) is 0 Å². The van der Waals surface area contributed by atoms with E-state index < -0.39 is 0 Å². The fraction of sp³-hybridized carbons (Fsp3) is 0.133. The van der Waals surface area contributed by atoms with Gasteiger partial charge in [0.15, 0.2) is 0 Å². The molecule has 1 aromatic carbocycles. The predicted octanol–water partition coefficient (Wildman–Crippen LogP) is 2.95. The molecule has 20 heavy (non-hydrogen) atoms. The zero-order chi connectivity index (χ0) is 14.4. The molecule has 0 aliphatic heterocycles. The van der Waals surface area contributed by atoms with E-state index in [1.54, 1.807) is 49.8 Å². The zero-order valence-electron chi connectivity index (χ0n) is 11.3. The highest BCUT2D eigenvalue weighted by Crippen LogP contribution is 2.28. The van der Waals surface area contributed by atoms with Gasteiger partial charge in [-0.3, -0.25) is 4.79 Å². The average molecular weight is 273 g/mol. The molecule has 1 heterocycles. The fourth-order valence-electron chi connectivity index (χ4n) is 1.63. The molecular formula is C15H15NO4. The summed E-state index contributed by atoms with van der Waals surface area (Å²) in [5.41, 5.74) is 0.543. The van der Waals surface area contributed by atoms with Crippen LogP contribution in [0.5, 0.6) is 11.5 Å². The molecule has 1 N–H and O–H groups in total. The maximum atomic E-state index is 11.8. The fourth-order valence-corrected chi connectivity index (χ4v) is 1.63. The second-order valence-corrected chi connectivity index (χ2v) is 3.90. The number of benzene rings is 1. The number of nitrogens with one attached hydrogen (secondary N) is 1. The molecule has 0 atom stereocenters. The highest BCUT2D eigenvalue weighted by molar-refractivity contribution is 6.02. The smallest absolute Gasteiger partial charge is 0.248 e. The molecule has 5 heteroatoms. The maximum Gasteiger partial charge on any atom is 0.248 e. The summed E-state index contributed by atoms with van der Waals surface area (Å²) in [6.45, 7) is 0. The van der Waals surface area contributed by atoms with Crippen LogP contribution >= 0.6 is 0 Å². The van der Waals surface area contributed by atoms with E-state index in [4.69, 9.17) is 13.9 Å². The van der Waals surface area contributed by atoms with Crippen LogP contribution in [0.3, 0.4) is 0 Å². The van der Waals surface area contributed by atoms with Crippen molar-refractivity contribution >= 4 is 17.7 Å². The Bertz CT molecular complexity index is 602. The van der Waals surface area contributed by atoms with E-state index in [1.165, 1.54) is 13.2 Å². The Kier molecular flexibility index (Phi) is 4.44. The van der Waals surface area contributed by atoms with Gasteiger partial charge in [-0.1, -0.05) is 0 Å². The first kappa shape index (κ1) is 13.7. The van der Waals surface area contributed by atoms with Gasteiger partial charge >= 0.3 is 0 Å². The van der Waals surface area contributed by atoms with E-state index in [9.17, 15) is 4.79 Å². The van der Waals surface area contributed by atoms with E-state index in [-0.39, 0.29) is 5.91 Å². The number of anilines is 1. The molecular weight excluding hydrogens is 258 g/mol. The summed E-state index contributed by atoms with van der Waals surface area (Å²) < 4.78 is 15.4. The quantitative estimate of drug-likeness (QED) is 0.851. The first-order chi connectivity index (χ1) is 9.72. The molecule has 0 unspecified atom stereocenters. The monoisotopic (exact) mass is 273 g/mol. The minimum Gasteiger partial charge on any atom is -0.497 e. The molecule has 0 spiro atoms. The first-order valence-corrected chi connectivity index (χ1v) is 5.97. The highest BCUT2D eigenvalue weighted by atomic mass is 16.5. The molecule has 1 aromatic heterocycles. The number of amides is 1. The van der Waals surface area contributed by atoms with Crippen LogP contribution in [0.1, 0.15) is 5.76 Å². The number of carbonyl (C=O) groups excluding carboxylic acids is 1. The van der Waals surface area contributed by atoms with Gasteiger partial charge in [0.05, 0.1) is 26.2 Å². The van der Waals surface area contributed by atoms with Gasteiger partial charge in [-0.05, 0) is 30.3 Å². The number of furan rings is 1. The van der Waals surface area contributed by atoms with Crippen LogP contribution in [-0.2, 0) is 4.79 Å². The Labute approximate surface area is 116 Å². The summed E-state index contributed by atoms with van der Waals surface area (Å²) in [6.07, 6.45) is 4.52. The predicted molar refractivity (Wildman–Crippen MR) is 75.9 cm³/mol. The first-order valence-electron chi connectivity index (χ1n) is 5.97. The Morgan fingerprint density at radius 3 is 2.75 bits per heavy atom. The third kappa shape index (κ3) is 3.41. The van der Waals surface area contributed by atoms with Gasteiger partial charge in [0.1, 0.15) is 17.3 Å². The Balaban J connectivity index is 2.10. The molecule has 0 saturated carbocycles. The number of ether oxygens (including phenoxy) is 2. The molecule has 104 valence electrons. The van der Waals surface area contributed by atoms with E-state index in [2.05, 4.69) is 5.32 Å². The van der Waals surface area contributed by atoms with Crippen molar-refractivity contribution in [2.24, 2.45) is 0 Å². The van der Waals surface area contributed by atoms with Crippen LogP contribution in [0, 0.1) is 0 Å². The molecule has 0 fully saturated rings. The zero-order valence-corrected chi connectivity index (χ0v) is 11.3. The number of hydrogen-bond acceptors (Lipinski definition) is 4. The van der Waals surface area contributed by atoms with Gasteiger partial charge in [0.2, 0.25) is 5.91 Å². The minimum atomic E-state index is -0.284. The van der Waals surface area contributed by atoms with Crippen molar-refractivity contribution < 1.29 is 18.7 Å². The van der Waals surface area contributed by atoms with Crippen molar-refractivity contribution in [3.63, 3.8) is 0 Å². The summed E-state index contributed by atoms with van der Waals surface area (Å²) in [6, 6.07) is 8.69. The van der Waals surface area contributed by atoms with Crippen LogP contribution in [-0.4, -0.2) is 20.1 Å². The Hall–Kier alpha value is -2.69. The van der Waals surface area contributed by atoms with E-state index >= 15 is 0 Å². The van der Waals surface area contributed by atoms with Crippen LogP contribution in [0.25, 0.3) is 6.08 Å². The molecule has 5 nitrogen and oxygen atoms in total. The number of carbonyl (C=O) groups is 1. The van der Waals surface area contributed by atoms with Gasteiger partial charge < -0.3 is 19.2 Å². The van der Waals surface area contributed by atoms with Crippen LogP contribution < -0.4 is 14.8 Å². The molecule has 2 rings (SSSR count). The summed E-state index contributed by atoms with van der Waals surface area (Å²) in [5.74, 6) is 1.52. The lowest BCUT2D eigenvalue weighted by molar-refractivity contribution is -0.111. The standard InChI is InChI=1S/C15H15NO4/c1-18-12-5-7-14(19-2)13(10-12)16-15(17)8-6-11-4-3-9-20-11/h3-10H,1-2H3,(H,16,17)/b8-6+. The lowest BCUT2D eigenvalue weighted by atomic mass is 10.2. The van der Waals surface area contributed by atoms with Gasteiger partial charge in [0, 0.05) is 12.1 Å². The molecule has 0 aliphatic carbocycles. The third-order valence-electron chi connectivity index (χ3n) is 2.61. The van der Waals surface area contributed by atoms with Crippen LogP contribution in [0.4, 0.5) is 5.69 Å². The second-order valence-electron chi connectivity index (χ2n) is 3.90. The van der Waals surface area contributed by atoms with E-state index in [1.807, 2.05) is 0 Å². The molecule has 1 amide bonds.